The normalized spacial score (nSPS) is 13.5. The van der Waals surface area contributed by atoms with Crippen LogP contribution in [0.25, 0.3) is 0 Å². The molecule has 27 heavy (non-hydrogen) atoms. The van der Waals surface area contributed by atoms with Crippen molar-refractivity contribution < 1.29 is 24.2 Å². The van der Waals surface area contributed by atoms with Gasteiger partial charge < -0.3 is 19.5 Å². The molecule has 0 bridgehead atoms. The molecule has 0 aromatic heterocycles. The Morgan fingerprint density at radius 2 is 1.56 bits per heavy atom. The summed E-state index contributed by atoms with van der Waals surface area (Å²) in [6, 6.07) is 10.6. The van der Waals surface area contributed by atoms with Crippen LogP contribution >= 0.6 is 0 Å². The van der Waals surface area contributed by atoms with Gasteiger partial charge in [-0.3, -0.25) is 4.79 Å². The first-order chi connectivity index (χ1) is 13.0. The smallest absolute Gasteiger partial charge is 0.335 e. The van der Waals surface area contributed by atoms with Crippen LogP contribution in [0.2, 0.25) is 0 Å². The quantitative estimate of drug-likeness (QED) is 0.877. The lowest BCUT2D eigenvalue weighted by molar-refractivity contribution is -0.130. The monoisotopic (exact) mass is 369 g/mol. The SMILES string of the molecule is COc1cc2c(cc1OC)CCN(C(=O)Cc1ccccc1C(=O)O)CC2. The van der Waals surface area contributed by atoms with Crippen LogP contribution in [0.15, 0.2) is 36.4 Å². The van der Waals surface area contributed by atoms with Gasteiger partial charge in [0.05, 0.1) is 26.2 Å². The lowest BCUT2D eigenvalue weighted by Gasteiger charge is -2.20. The van der Waals surface area contributed by atoms with Gasteiger partial charge in [0, 0.05) is 13.1 Å². The molecule has 1 amide bonds. The molecule has 6 heteroatoms. The Labute approximate surface area is 158 Å². The van der Waals surface area contributed by atoms with Crippen LogP contribution in [0.3, 0.4) is 0 Å². The van der Waals surface area contributed by atoms with Crippen molar-refractivity contribution in [2.75, 3.05) is 27.3 Å². The number of methoxy groups -OCH3 is 2. The largest absolute Gasteiger partial charge is 0.493 e. The Morgan fingerprint density at radius 3 is 2.07 bits per heavy atom. The lowest BCUT2D eigenvalue weighted by atomic mass is 10.0. The van der Waals surface area contributed by atoms with E-state index in [2.05, 4.69) is 0 Å². The van der Waals surface area contributed by atoms with E-state index in [1.165, 1.54) is 6.07 Å². The average molecular weight is 369 g/mol. The number of hydrogen-bond acceptors (Lipinski definition) is 4. The molecular formula is C21H23NO5. The van der Waals surface area contributed by atoms with Gasteiger partial charge in [0.2, 0.25) is 5.91 Å². The second-order valence-electron chi connectivity index (χ2n) is 6.50. The second kappa shape index (κ2) is 8.12. The fourth-order valence-electron chi connectivity index (χ4n) is 3.46. The second-order valence-corrected chi connectivity index (χ2v) is 6.50. The fourth-order valence-corrected chi connectivity index (χ4v) is 3.46. The number of carbonyl (C=O) groups is 2. The van der Waals surface area contributed by atoms with Gasteiger partial charge in [-0.2, -0.15) is 0 Å². The summed E-state index contributed by atoms with van der Waals surface area (Å²) < 4.78 is 10.7. The molecule has 3 rings (SSSR count). The first kappa shape index (κ1) is 18.8. The number of amides is 1. The molecule has 1 heterocycles. The standard InChI is InChI=1S/C21H23NO5/c1-26-18-11-14-7-9-22(10-8-15(14)12-19(18)27-2)20(23)13-16-5-3-4-6-17(16)21(24)25/h3-6,11-12H,7-10,13H2,1-2H3,(H,24,25). The Balaban J connectivity index is 1.75. The van der Waals surface area contributed by atoms with Crippen molar-refractivity contribution in [2.45, 2.75) is 19.3 Å². The van der Waals surface area contributed by atoms with Gasteiger partial charge in [-0.15, -0.1) is 0 Å². The summed E-state index contributed by atoms with van der Waals surface area (Å²) in [5.74, 6) is 0.300. The van der Waals surface area contributed by atoms with E-state index in [1.807, 2.05) is 12.1 Å². The van der Waals surface area contributed by atoms with Crippen LogP contribution < -0.4 is 9.47 Å². The van der Waals surface area contributed by atoms with Crippen LogP contribution in [0.5, 0.6) is 11.5 Å². The van der Waals surface area contributed by atoms with E-state index in [0.29, 0.717) is 30.2 Å². The maximum absolute atomic E-state index is 12.8. The van der Waals surface area contributed by atoms with Crippen molar-refractivity contribution in [1.82, 2.24) is 4.90 Å². The molecule has 1 N–H and O–H groups in total. The summed E-state index contributed by atoms with van der Waals surface area (Å²) in [5, 5.41) is 9.30. The molecule has 0 unspecified atom stereocenters. The number of carboxylic acids is 1. The van der Waals surface area contributed by atoms with E-state index < -0.39 is 5.97 Å². The molecule has 0 saturated heterocycles. The van der Waals surface area contributed by atoms with E-state index in [-0.39, 0.29) is 17.9 Å². The van der Waals surface area contributed by atoms with Crippen LogP contribution in [0.4, 0.5) is 0 Å². The minimum Gasteiger partial charge on any atom is -0.493 e. The number of fused-ring (bicyclic) bond motifs is 1. The van der Waals surface area contributed by atoms with E-state index in [9.17, 15) is 14.7 Å². The van der Waals surface area contributed by atoms with E-state index in [1.54, 1.807) is 37.3 Å². The molecule has 0 aliphatic carbocycles. The van der Waals surface area contributed by atoms with Crippen molar-refractivity contribution >= 4 is 11.9 Å². The highest BCUT2D eigenvalue weighted by atomic mass is 16.5. The van der Waals surface area contributed by atoms with Crippen molar-refractivity contribution in [3.05, 3.63) is 58.7 Å². The van der Waals surface area contributed by atoms with E-state index in [4.69, 9.17) is 9.47 Å². The molecule has 2 aromatic carbocycles. The molecular weight excluding hydrogens is 346 g/mol. The number of rotatable bonds is 5. The molecule has 1 aliphatic rings. The topological polar surface area (TPSA) is 76.1 Å². The maximum atomic E-state index is 12.8. The van der Waals surface area contributed by atoms with Crippen molar-refractivity contribution in [3.8, 4) is 11.5 Å². The number of benzene rings is 2. The van der Waals surface area contributed by atoms with Gasteiger partial charge in [0.25, 0.3) is 0 Å². The van der Waals surface area contributed by atoms with Gasteiger partial charge in [-0.05, 0) is 47.7 Å². The number of carbonyl (C=O) groups excluding carboxylic acids is 1. The minimum atomic E-state index is -1.01. The zero-order valence-electron chi connectivity index (χ0n) is 15.5. The highest BCUT2D eigenvalue weighted by molar-refractivity contribution is 5.91. The molecule has 6 nitrogen and oxygen atoms in total. The van der Waals surface area contributed by atoms with E-state index in [0.717, 1.165) is 24.0 Å². The van der Waals surface area contributed by atoms with Crippen LogP contribution in [-0.2, 0) is 24.1 Å². The predicted octanol–water partition coefficient (Wildman–Crippen LogP) is 2.57. The summed E-state index contributed by atoms with van der Waals surface area (Å²) in [7, 11) is 3.22. The molecule has 2 aromatic rings. The number of hydrogen-bond donors (Lipinski definition) is 1. The number of aromatic carboxylic acids is 1. The Hall–Kier alpha value is -3.02. The number of nitrogens with zero attached hydrogens (tertiary/aromatic N) is 1. The van der Waals surface area contributed by atoms with Crippen LogP contribution in [0.1, 0.15) is 27.0 Å². The summed E-state index contributed by atoms with van der Waals surface area (Å²) in [4.78, 5) is 25.9. The van der Waals surface area contributed by atoms with Gasteiger partial charge in [-0.1, -0.05) is 18.2 Å². The first-order valence-electron chi connectivity index (χ1n) is 8.86. The zero-order valence-corrected chi connectivity index (χ0v) is 15.5. The van der Waals surface area contributed by atoms with Crippen LogP contribution in [0, 0.1) is 0 Å². The third-order valence-electron chi connectivity index (χ3n) is 4.95. The van der Waals surface area contributed by atoms with Crippen molar-refractivity contribution in [2.24, 2.45) is 0 Å². The van der Waals surface area contributed by atoms with Gasteiger partial charge in [-0.25, -0.2) is 4.79 Å². The third kappa shape index (κ3) is 4.05. The average Bonchev–Trinajstić information content (AvgIpc) is 2.89. The van der Waals surface area contributed by atoms with Crippen molar-refractivity contribution in [3.63, 3.8) is 0 Å². The molecule has 1 aliphatic heterocycles. The zero-order chi connectivity index (χ0) is 19.4. The summed E-state index contributed by atoms with van der Waals surface area (Å²) >= 11 is 0. The lowest BCUT2D eigenvalue weighted by Crippen LogP contribution is -2.34. The predicted molar refractivity (Wildman–Crippen MR) is 101 cm³/mol. The summed E-state index contributed by atoms with van der Waals surface area (Å²) in [6.45, 7) is 1.19. The molecule has 0 radical (unpaired) electrons. The highest BCUT2D eigenvalue weighted by Crippen LogP contribution is 2.32. The summed E-state index contributed by atoms with van der Waals surface area (Å²) in [5.41, 5.74) is 3.02. The van der Waals surface area contributed by atoms with E-state index >= 15 is 0 Å². The maximum Gasteiger partial charge on any atom is 0.335 e. The Bertz CT molecular complexity index is 827. The number of carboxylic acid groups (broad SMARTS) is 1. The fraction of sp³-hybridized carbons (Fsp3) is 0.333. The Morgan fingerprint density at radius 1 is 1.00 bits per heavy atom. The van der Waals surface area contributed by atoms with Crippen molar-refractivity contribution in [1.29, 1.82) is 0 Å². The molecule has 0 spiro atoms. The van der Waals surface area contributed by atoms with Crippen LogP contribution in [-0.4, -0.2) is 49.2 Å². The Kier molecular flexibility index (Phi) is 5.64. The highest BCUT2D eigenvalue weighted by Gasteiger charge is 2.22. The molecule has 142 valence electrons. The van der Waals surface area contributed by atoms with Gasteiger partial charge in [0.15, 0.2) is 11.5 Å². The third-order valence-corrected chi connectivity index (χ3v) is 4.95. The first-order valence-corrected chi connectivity index (χ1v) is 8.86. The van der Waals surface area contributed by atoms with Gasteiger partial charge >= 0.3 is 5.97 Å². The van der Waals surface area contributed by atoms with Gasteiger partial charge in [0.1, 0.15) is 0 Å². The minimum absolute atomic E-state index is 0.0598. The molecule has 0 saturated carbocycles. The molecule has 0 atom stereocenters. The number of ether oxygens (including phenoxy) is 2. The molecule has 0 fully saturated rings. The summed E-state index contributed by atoms with van der Waals surface area (Å²) in [6.07, 6.45) is 1.54.